The molecule has 0 bridgehead atoms. The fraction of sp³-hybridized carbons (Fsp3) is 0.985. The van der Waals surface area contributed by atoms with E-state index in [9.17, 15) is 61.0 Å². The molecule has 12 N–H and O–H groups in total. The van der Waals surface area contributed by atoms with E-state index in [1.54, 1.807) is 0 Å². The molecule has 3 rings (SSSR count). The third-order valence-electron chi connectivity index (χ3n) is 18.2. The Bertz CT molecular complexity index is 1570. The van der Waals surface area contributed by atoms with Crippen molar-refractivity contribution in [2.75, 3.05) is 26.4 Å². The second kappa shape index (κ2) is 50.4. The third kappa shape index (κ3) is 32.4. The van der Waals surface area contributed by atoms with Gasteiger partial charge in [-0.15, -0.1) is 0 Å². The first kappa shape index (κ1) is 79.0. The molecule has 17 atom stereocenters. The molecular formula is C67H129NO18. The molecule has 0 aromatic heterocycles. The maximum Gasteiger partial charge on any atom is 0.220 e. The normalized spacial score (nSPS) is 28.7. The van der Waals surface area contributed by atoms with E-state index < -0.39 is 124 Å². The van der Waals surface area contributed by atoms with Gasteiger partial charge in [-0.05, 0) is 12.8 Å². The summed E-state index contributed by atoms with van der Waals surface area (Å²) in [7, 11) is 0. The first-order valence-corrected chi connectivity index (χ1v) is 35.3. The molecule has 0 spiro atoms. The highest BCUT2D eigenvalue weighted by Gasteiger charge is 2.53. The fourth-order valence-corrected chi connectivity index (χ4v) is 12.4. The lowest BCUT2D eigenvalue weighted by atomic mass is 9.96. The van der Waals surface area contributed by atoms with Crippen molar-refractivity contribution in [3.8, 4) is 0 Å². The molecule has 0 aliphatic carbocycles. The average molecular weight is 1240 g/mol. The Kier molecular flexibility index (Phi) is 46.3. The quantitative estimate of drug-likeness (QED) is 0.0253. The highest BCUT2D eigenvalue weighted by Crippen LogP contribution is 2.33. The molecule has 19 heteroatoms. The van der Waals surface area contributed by atoms with Gasteiger partial charge in [0, 0.05) is 6.42 Å². The van der Waals surface area contributed by atoms with Gasteiger partial charge in [0.05, 0.1) is 38.6 Å². The lowest BCUT2D eigenvalue weighted by Gasteiger charge is -2.48. The molecule has 0 radical (unpaired) electrons. The molecule has 19 nitrogen and oxygen atoms in total. The molecule has 3 fully saturated rings. The topological polar surface area (TPSA) is 307 Å². The summed E-state index contributed by atoms with van der Waals surface area (Å²) in [5.74, 6) is -0.235. The number of aliphatic hydroxyl groups excluding tert-OH is 11. The summed E-state index contributed by atoms with van der Waals surface area (Å²) in [5, 5.41) is 121. The minimum Gasteiger partial charge on any atom is -0.394 e. The van der Waals surface area contributed by atoms with Crippen molar-refractivity contribution in [1.29, 1.82) is 0 Å². The van der Waals surface area contributed by atoms with Crippen LogP contribution in [0.4, 0.5) is 0 Å². The number of amides is 1. The van der Waals surface area contributed by atoms with Crippen molar-refractivity contribution in [3.63, 3.8) is 0 Å². The summed E-state index contributed by atoms with van der Waals surface area (Å²) in [4.78, 5) is 13.4. The maximum absolute atomic E-state index is 13.4. The van der Waals surface area contributed by atoms with Gasteiger partial charge in [0.2, 0.25) is 5.91 Å². The van der Waals surface area contributed by atoms with Crippen LogP contribution in [-0.4, -0.2) is 193 Å². The van der Waals surface area contributed by atoms with Gasteiger partial charge in [-0.3, -0.25) is 4.79 Å². The lowest BCUT2D eigenvalue weighted by Crippen LogP contribution is -2.66. The standard InChI is InChI=1S/C67H129NO18/c1-3-5-7-9-11-13-15-17-19-21-22-23-24-25-26-27-29-31-33-35-37-39-41-43-45-55(73)68-50(51(72)44-42-40-38-36-34-32-30-28-20-18-16-14-12-10-8-6-4-2)49-81-65-61(79)58(76)63(53(47-70)83-65)86-67-62(80)59(77)64(54(48-71)84-67)85-66-60(78)57(75)56(74)52(46-69)82-66/h50-54,56-67,69-72,74-80H,3-49H2,1-2H3,(H,68,73). The number of carbonyl (C=O) groups is 1. The second-order valence-electron chi connectivity index (χ2n) is 25.7. The SMILES string of the molecule is CCCCCCCCCCCCCCCCCCCCCCCCCCC(=O)NC(COC1OC(CO)C(OC2OC(CO)C(OC3OC(CO)C(O)C(O)C3O)C(O)C2O)C(O)C1O)C(O)CCCCCCCCCCCCCCCCCCC. The number of nitrogens with one attached hydrogen (secondary N) is 1. The number of unbranched alkanes of at least 4 members (excludes halogenated alkanes) is 39. The fourth-order valence-electron chi connectivity index (χ4n) is 12.4. The van der Waals surface area contributed by atoms with Gasteiger partial charge in [-0.2, -0.15) is 0 Å². The molecule has 86 heavy (non-hydrogen) atoms. The minimum atomic E-state index is -1.97. The Balaban J connectivity index is 1.42. The van der Waals surface area contributed by atoms with E-state index in [2.05, 4.69) is 19.2 Å². The summed E-state index contributed by atoms with van der Waals surface area (Å²) >= 11 is 0. The number of ether oxygens (including phenoxy) is 6. The minimum absolute atomic E-state index is 0.235. The van der Waals surface area contributed by atoms with Gasteiger partial charge in [0.1, 0.15) is 73.2 Å². The molecule has 17 unspecified atom stereocenters. The number of rotatable bonds is 55. The van der Waals surface area contributed by atoms with Gasteiger partial charge < -0.3 is 89.9 Å². The van der Waals surface area contributed by atoms with Gasteiger partial charge in [0.15, 0.2) is 18.9 Å². The van der Waals surface area contributed by atoms with Crippen LogP contribution in [0, 0.1) is 0 Å². The van der Waals surface area contributed by atoms with E-state index in [1.165, 1.54) is 212 Å². The molecule has 1 amide bonds. The van der Waals surface area contributed by atoms with Crippen molar-refractivity contribution in [1.82, 2.24) is 5.32 Å². The monoisotopic (exact) mass is 1240 g/mol. The average Bonchev–Trinajstić information content (AvgIpc) is 2.95. The molecule has 0 saturated carbocycles. The third-order valence-corrected chi connectivity index (χ3v) is 18.2. The molecule has 3 heterocycles. The van der Waals surface area contributed by atoms with E-state index in [0.29, 0.717) is 12.8 Å². The van der Waals surface area contributed by atoms with Crippen LogP contribution in [0.5, 0.6) is 0 Å². The number of aliphatic hydroxyl groups is 11. The highest BCUT2D eigenvalue weighted by atomic mass is 16.8. The van der Waals surface area contributed by atoms with E-state index in [-0.39, 0.29) is 18.9 Å². The van der Waals surface area contributed by atoms with Crippen LogP contribution < -0.4 is 5.32 Å². The summed E-state index contributed by atoms with van der Waals surface area (Å²) in [6.07, 6.45) is 26.1. The number of hydrogen-bond donors (Lipinski definition) is 12. The Morgan fingerprint density at radius 3 is 1.01 bits per heavy atom. The molecule has 510 valence electrons. The zero-order valence-corrected chi connectivity index (χ0v) is 53.8. The van der Waals surface area contributed by atoms with Gasteiger partial charge >= 0.3 is 0 Å². The Labute approximate surface area is 519 Å². The first-order valence-electron chi connectivity index (χ1n) is 35.3. The van der Waals surface area contributed by atoms with Crippen molar-refractivity contribution in [3.05, 3.63) is 0 Å². The molecule has 0 aromatic rings. The van der Waals surface area contributed by atoms with Crippen molar-refractivity contribution in [2.24, 2.45) is 0 Å². The zero-order chi connectivity index (χ0) is 62.6. The number of hydrogen-bond acceptors (Lipinski definition) is 18. The van der Waals surface area contributed by atoms with Gasteiger partial charge in [-0.25, -0.2) is 0 Å². The highest BCUT2D eigenvalue weighted by molar-refractivity contribution is 5.76. The van der Waals surface area contributed by atoms with E-state index >= 15 is 0 Å². The largest absolute Gasteiger partial charge is 0.394 e. The van der Waals surface area contributed by atoms with Crippen molar-refractivity contribution in [2.45, 2.75) is 394 Å². The summed E-state index contributed by atoms with van der Waals surface area (Å²) in [5.41, 5.74) is 0. The number of carbonyl (C=O) groups excluding carboxylic acids is 1. The smallest absolute Gasteiger partial charge is 0.220 e. The molecular weight excluding hydrogens is 1110 g/mol. The van der Waals surface area contributed by atoms with Crippen molar-refractivity contribution < 1.29 is 89.4 Å². The summed E-state index contributed by atoms with van der Waals surface area (Å²) in [6.45, 7) is 1.84. The predicted molar refractivity (Wildman–Crippen MR) is 333 cm³/mol. The van der Waals surface area contributed by atoms with Crippen LogP contribution in [-0.2, 0) is 33.2 Å². The van der Waals surface area contributed by atoms with Gasteiger partial charge in [-0.1, -0.05) is 271 Å². The summed E-state index contributed by atoms with van der Waals surface area (Å²) in [6, 6.07) is -0.881. The van der Waals surface area contributed by atoms with Crippen LogP contribution >= 0.6 is 0 Å². The Morgan fingerprint density at radius 2 is 0.663 bits per heavy atom. The molecule has 0 aromatic carbocycles. The van der Waals surface area contributed by atoms with Crippen LogP contribution in [0.15, 0.2) is 0 Å². The first-order chi connectivity index (χ1) is 41.8. The second-order valence-corrected chi connectivity index (χ2v) is 25.7. The maximum atomic E-state index is 13.4. The molecule has 3 aliphatic heterocycles. The Morgan fingerprint density at radius 1 is 0.372 bits per heavy atom. The molecule has 3 saturated heterocycles. The molecule has 3 aliphatic rings. The van der Waals surface area contributed by atoms with E-state index in [4.69, 9.17) is 28.4 Å². The van der Waals surface area contributed by atoms with Crippen LogP contribution in [0.2, 0.25) is 0 Å². The van der Waals surface area contributed by atoms with Crippen LogP contribution in [0.3, 0.4) is 0 Å². The summed E-state index contributed by atoms with van der Waals surface area (Å²) < 4.78 is 34.4. The van der Waals surface area contributed by atoms with Crippen molar-refractivity contribution >= 4 is 5.91 Å². The van der Waals surface area contributed by atoms with E-state index in [0.717, 1.165) is 44.9 Å². The Hall–Kier alpha value is -1.21. The predicted octanol–water partition coefficient (Wildman–Crippen LogP) is 9.11. The zero-order valence-electron chi connectivity index (χ0n) is 53.8. The lowest BCUT2D eigenvalue weighted by molar-refractivity contribution is -0.379. The van der Waals surface area contributed by atoms with Crippen LogP contribution in [0.1, 0.15) is 290 Å². The van der Waals surface area contributed by atoms with E-state index in [1.807, 2.05) is 0 Å². The van der Waals surface area contributed by atoms with Gasteiger partial charge in [0.25, 0.3) is 0 Å². The van der Waals surface area contributed by atoms with Crippen LogP contribution in [0.25, 0.3) is 0 Å².